The van der Waals surface area contributed by atoms with Crippen LogP contribution in [0.25, 0.3) is 11.3 Å². The zero-order valence-corrected chi connectivity index (χ0v) is 18.2. The molecule has 5 rings (SSSR count). The zero-order valence-electron chi connectivity index (χ0n) is 18.2. The SMILES string of the molecule is O=C(c1nc(Cn2nc(-c3ccccc3)ccc2=O)no1)N1CCN(c2ccccc2F)CC1. The van der Waals surface area contributed by atoms with Crippen LogP contribution in [0, 0.1) is 5.82 Å². The number of amides is 1. The standard InChI is InChI=1S/C24H21FN6O3/c25-18-8-4-5-9-20(18)29-12-14-30(15-13-29)24(33)23-26-21(28-34-23)16-31-22(32)11-10-19(27-31)17-6-2-1-3-7-17/h1-11H,12-16H2. The third-order valence-electron chi connectivity index (χ3n) is 5.64. The maximum atomic E-state index is 14.0. The van der Waals surface area contributed by atoms with Crippen molar-refractivity contribution in [2.75, 3.05) is 31.1 Å². The number of piperazine rings is 1. The Morgan fingerprint density at radius 2 is 1.68 bits per heavy atom. The molecule has 1 amide bonds. The van der Waals surface area contributed by atoms with E-state index >= 15 is 0 Å². The summed E-state index contributed by atoms with van der Waals surface area (Å²) in [6.45, 7) is 1.73. The van der Waals surface area contributed by atoms with Gasteiger partial charge in [-0.25, -0.2) is 9.07 Å². The highest BCUT2D eigenvalue weighted by Gasteiger charge is 2.27. The molecule has 172 valence electrons. The number of nitrogens with zero attached hydrogens (tertiary/aromatic N) is 6. The van der Waals surface area contributed by atoms with Crippen molar-refractivity contribution < 1.29 is 13.7 Å². The first-order valence-electron chi connectivity index (χ1n) is 10.8. The van der Waals surface area contributed by atoms with E-state index in [-0.39, 0.29) is 29.6 Å². The number of aromatic nitrogens is 4. The van der Waals surface area contributed by atoms with Gasteiger partial charge < -0.3 is 14.3 Å². The molecular weight excluding hydrogens is 439 g/mol. The second-order valence-electron chi connectivity index (χ2n) is 7.83. The molecule has 0 aliphatic carbocycles. The van der Waals surface area contributed by atoms with Gasteiger partial charge in [-0.15, -0.1) is 0 Å². The molecule has 4 aromatic rings. The van der Waals surface area contributed by atoms with Crippen LogP contribution in [-0.2, 0) is 6.54 Å². The topological polar surface area (TPSA) is 97.4 Å². The summed E-state index contributed by atoms with van der Waals surface area (Å²) in [6.07, 6.45) is 0. The van der Waals surface area contributed by atoms with Crippen LogP contribution >= 0.6 is 0 Å². The summed E-state index contributed by atoms with van der Waals surface area (Å²) < 4.78 is 20.4. The molecule has 2 aromatic heterocycles. The van der Waals surface area contributed by atoms with Gasteiger partial charge in [-0.2, -0.15) is 10.1 Å². The molecule has 1 saturated heterocycles. The van der Waals surface area contributed by atoms with Crippen molar-refractivity contribution in [1.82, 2.24) is 24.8 Å². The van der Waals surface area contributed by atoms with Gasteiger partial charge >= 0.3 is 11.8 Å². The Labute approximate surface area is 194 Å². The maximum absolute atomic E-state index is 14.0. The van der Waals surface area contributed by atoms with Crippen LogP contribution in [0.2, 0.25) is 0 Å². The van der Waals surface area contributed by atoms with E-state index in [0.717, 1.165) is 5.56 Å². The first kappa shape index (κ1) is 21.5. The maximum Gasteiger partial charge on any atom is 0.316 e. The minimum absolute atomic E-state index is 0.0304. The molecular formula is C24H21FN6O3. The monoisotopic (exact) mass is 460 g/mol. The Balaban J connectivity index is 1.25. The van der Waals surface area contributed by atoms with Crippen LogP contribution in [0.4, 0.5) is 10.1 Å². The quantitative estimate of drug-likeness (QED) is 0.451. The third-order valence-corrected chi connectivity index (χ3v) is 5.64. The molecule has 0 saturated carbocycles. The van der Waals surface area contributed by atoms with Gasteiger partial charge in [0.05, 0.1) is 11.4 Å². The van der Waals surface area contributed by atoms with Crippen LogP contribution < -0.4 is 10.5 Å². The van der Waals surface area contributed by atoms with E-state index in [1.54, 1.807) is 29.2 Å². The first-order valence-corrected chi connectivity index (χ1v) is 10.8. The summed E-state index contributed by atoms with van der Waals surface area (Å²) in [4.78, 5) is 32.8. The molecule has 0 unspecified atom stereocenters. The van der Waals surface area contributed by atoms with Crippen molar-refractivity contribution >= 4 is 11.6 Å². The second kappa shape index (κ2) is 9.26. The van der Waals surface area contributed by atoms with Crippen LogP contribution in [0.15, 0.2) is 76.0 Å². The number of halogens is 1. The van der Waals surface area contributed by atoms with Gasteiger partial charge in [0.15, 0.2) is 5.82 Å². The molecule has 1 aliphatic heterocycles. The number of para-hydroxylation sites is 1. The molecule has 0 radical (unpaired) electrons. The molecule has 10 heteroatoms. The molecule has 9 nitrogen and oxygen atoms in total. The van der Waals surface area contributed by atoms with Crippen molar-refractivity contribution in [2.24, 2.45) is 0 Å². The van der Waals surface area contributed by atoms with E-state index in [9.17, 15) is 14.0 Å². The molecule has 34 heavy (non-hydrogen) atoms. The molecule has 2 aromatic carbocycles. The summed E-state index contributed by atoms with van der Waals surface area (Å²) in [6, 6.07) is 19.1. The number of hydrogen-bond acceptors (Lipinski definition) is 7. The highest BCUT2D eigenvalue weighted by Crippen LogP contribution is 2.20. The average Bonchev–Trinajstić information content (AvgIpc) is 3.34. The van der Waals surface area contributed by atoms with Gasteiger partial charge in [-0.05, 0) is 18.2 Å². The van der Waals surface area contributed by atoms with Crippen LogP contribution in [0.3, 0.4) is 0 Å². The summed E-state index contributed by atoms with van der Waals surface area (Å²) >= 11 is 0. The van der Waals surface area contributed by atoms with E-state index in [1.165, 1.54) is 16.8 Å². The highest BCUT2D eigenvalue weighted by atomic mass is 19.1. The van der Waals surface area contributed by atoms with Gasteiger partial charge in [0.2, 0.25) is 0 Å². The molecule has 3 heterocycles. The Bertz CT molecular complexity index is 1360. The van der Waals surface area contributed by atoms with E-state index in [0.29, 0.717) is 37.6 Å². The second-order valence-corrected chi connectivity index (χ2v) is 7.83. The van der Waals surface area contributed by atoms with Crippen LogP contribution in [0.1, 0.15) is 16.5 Å². The lowest BCUT2D eigenvalue weighted by atomic mass is 10.1. The summed E-state index contributed by atoms with van der Waals surface area (Å²) in [5.41, 5.74) is 1.70. The van der Waals surface area contributed by atoms with Crippen molar-refractivity contribution in [1.29, 1.82) is 0 Å². The number of hydrogen-bond donors (Lipinski definition) is 0. The molecule has 1 aliphatic rings. The summed E-state index contributed by atoms with van der Waals surface area (Å²) in [7, 11) is 0. The minimum Gasteiger partial charge on any atom is -0.366 e. The average molecular weight is 460 g/mol. The van der Waals surface area contributed by atoms with E-state index in [2.05, 4.69) is 15.2 Å². The van der Waals surface area contributed by atoms with E-state index in [4.69, 9.17) is 4.52 Å². The number of rotatable bonds is 5. The first-order chi connectivity index (χ1) is 16.6. The molecule has 1 fully saturated rings. The van der Waals surface area contributed by atoms with Crippen molar-refractivity contribution in [2.45, 2.75) is 6.54 Å². The van der Waals surface area contributed by atoms with Crippen molar-refractivity contribution in [3.05, 3.63) is 94.6 Å². The number of carbonyl (C=O) groups is 1. The van der Waals surface area contributed by atoms with Gasteiger partial charge in [-0.3, -0.25) is 9.59 Å². The Morgan fingerprint density at radius 1 is 0.941 bits per heavy atom. The van der Waals surface area contributed by atoms with Gasteiger partial charge in [-0.1, -0.05) is 47.6 Å². The van der Waals surface area contributed by atoms with Crippen LogP contribution in [-0.4, -0.2) is 56.9 Å². The number of carbonyl (C=O) groups excluding carboxylic acids is 1. The van der Waals surface area contributed by atoms with Crippen molar-refractivity contribution in [3.63, 3.8) is 0 Å². The summed E-state index contributed by atoms with van der Waals surface area (Å²) in [5, 5.41) is 8.23. The normalized spacial score (nSPS) is 13.8. The fourth-order valence-corrected chi connectivity index (χ4v) is 3.86. The fraction of sp³-hybridized carbons (Fsp3) is 0.208. The highest BCUT2D eigenvalue weighted by molar-refractivity contribution is 5.89. The molecule has 0 spiro atoms. The van der Waals surface area contributed by atoms with Gasteiger partial charge in [0.1, 0.15) is 12.4 Å². The summed E-state index contributed by atoms with van der Waals surface area (Å²) in [5.74, 6) is -0.663. The lowest BCUT2D eigenvalue weighted by molar-refractivity contribution is 0.0696. The van der Waals surface area contributed by atoms with Gasteiger partial charge in [0, 0.05) is 37.8 Å². The zero-order chi connectivity index (χ0) is 23.5. The van der Waals surface area contributed by atoms with Gasteiger partial charge in [0.25, 0.3) is 5.56 Å². The largest absolute Gasteiger partial charge is 0.366 e. The molecule has 0 N–H and O–H groups in total. The Kier molecular flexibility index (Phi) is 5.86. The van der Waals surface area contributed by atoms with Crippen LogP contribution in [0.5, 0.6) is 0 Å². The van der Waals surface area contributed by atoms with E-state index < -0.39 is 5.91 Å². The Morgan fingerprint density at radius 3 is 2.44 bits per heavy atom. The van der Waals surface area contributed by atoms with E-state index in [1.807, 2.05) is 35.2 Å². The fourth-order valence-electron chi connectivity index (χ4n) is 3.86. The number of anilines is 1. The lowest BCUT2D eigenvalue weighted by Gasteiger charge is -2.35. The number of benzene rings is 2. The third kappa shape index (κ3) is 4.42. The Hall–Kier alpha value is -4.34. The molecule has 0 bridgehead atoms. The lowest BCUT2D eigenvalue weighted by Crippen LogP contribution is -2.49. The predicted molar refractivity (Wildman–Crippen MR) is 122 cm³/mol. The molecule has 0 atom stereocenters. The minimum atomic E-state index is -0.398. The van der Waals surface area contributed by atoms with Crippen molar-refractivity contribution in [3.8, 4) is 11.3 Å². The predicted octanol–water partition coefficient (Wildman–Crippen LogP) is 2.44. The smallest absolute Gasteiger partial charge is 0.316 e.